The van der Waals surface area contributed by atoms with Crippen molar-refractivity contribution in [2.75, 3.05) is 39.3 Å². The molecule has 0 spiro atoms. The predicted octanol–water partition coefficient (Wildman–Crippen LogP) is 2.80. The summed E-state index contributed by atoms with van der Waals surface area (Å²) < 4.78 is 0. The highest BCUT2D eigenvalue weighted by atomic mass is 16.2. The van der Waals surface area contributed by atoms with Gasteiger partial charge in [0.2, 0.25) is 11.8 Å². The van der Waals surface area contributed by atoms with Gasteiger partial charge in [-0.1, -0.05) is 30.3 Å². The van der Waals surface area contributed by atoms with Crippen LogP contribution in [0.15, 0.2) is 30.3 Å². The second-order valence-corrected chi connectivity index (χ2v) is 10.1. The summed E-state index contributed by atoms with van der Waals surface area (Å²) in [4.78, 5) is 32.0. The van der Waals surface area contributed by atoms with Crippen LogP contribution >= 0.6 is 0 Å². The summed E-state index contributed by atoms with van der Waals surface area (Å²) in [6.45, 7) is 5.25. The van der Waals surface area contributed by atoms with Crippen molar-refractivity contribution in [3.63, 3.8) is 0 Å². The number of fused-ring (bicyclic) bond motifs is 4. The summed E-state index contributed by atoms with van der Waals surface area (Å²) in [6.07, 6.45) is 7.53. The van der Waals surface area contributed by atoms with Crippen LogP contribution in [0.3, 0.4) is 0 Å². The molecule has 30 heavy (non-hydrogen) atoms. The van der Waals surface area contributed by atoms with Crippen LogP contribution < -0.4 is 0 Å². The van der Waals surface area contributed by atoms with Gasteiger partial charge in [-0.15, -0.1) is 0 Å². The van der Waals surface area contributed by atoms with E-state index < -0.39 is 0 Å². The Bertz CT molecular complexity index is 759. The molecule has 1 aromatic rings. The fourth-order valence-electron chi connectivity index (χ4n) is 6.47. The lowest BCUT2D eigenvalue weighted by molar-refractivity contribution is -0.147. The Hall–Kier alpha value is -1.88. The Morgan fingerprint density at radius 2 is 1.80 bits per heavy atom. The monoisotopic (exact) mass is 409 g/mol. The molecule has 5 heteroatoms. The van der Waals surface area contributed by atoms with Gasteiger partial charge in [-0.25, -0.2) is 0 Å². The van der Waals surface area contributed by atoms with E-state index in [9.17, 15) is 9.59 Å². The standard InChI is InChI=1S/C25H35N3O2/c29-24-8-4-7-23-22-14-21(16-28(23)24)15-26(17-22)18-25(30)27-11-9-20(10-12-27)13-19-5-2-1-3-6-19/h1-3,5-6,20-23H,4,7-18H2/t21-,22-,23-/m1/s1. The Labute approximate surface area is 180 Å². The molecule has 4 aliphatic rings. The van der Waals surface area contributed by atoms with Gasteiger partial charge >= 0.3 is 0 Å². The summed E-state index contributed by atoms with van der Waals surface area (Å²) in [5.74, 6) is 2.48. The third-order valence-corrected chi connectivity index (χ3v) is 7.95. The first-order chi connectivity index (χ1) is 14.7. The molecule has 4 heterocycles. The molecule has 4 aliphatic heterocycles. The average molecular weight is 410 g/mol. The summed E-state index contributed by atoms with van der Waals surface area (Å²) in [7, 11) is 0. The topological polar surface area (TPSA) is 43.9 Å². The number of rotatable bonds is 4. The second kappa shape index (κ2) is 8.70. The molecule has 0 N–H and O–H groups in total. The van der Waals surface area contributed by atoms with E-state index in [1.807, 2.05) is 0 Å². The predicted molar refractivity (Wildman–Crippen MR) is 117 cm³/mol. The first-order valence-corrected chi connectivity index (χ1v) is 12.0. The van der Waals surface area contributed by atoms with Crippen LogP contribution in [0.2, 0.25) is 0 Å². The Morgan fingerprint density at radius 1 is 1.00 bits per heavy atom. The summed E-state index contributed by atoms with van der Waals surface area (Å²) >= 11 is 0. The first-order valence-electron chi connectivity index (χ1n) is 12.0. The molecule has 0 aromatic heterocycles. The molecule has 2 amide bonds. The van der Waals surface area contributed by atoms with Gasteiger partial charge in [-0.05, 0) is 61.8 Å². The van der Waals surface area contributed by atoms with Crippen molar-refractivity contribution in [2.45, 2.75) is 51.0 Å². The number of hydrogen-bond donors (Lipinski definition) is 0. The third-order valence-electron chi connectivity index (χ3n) is 7.95. The van der Waals surface area contributed by atoms with E-state index in [0.29, 0.717) is 42.2 Å². The Kier molecular flexibility index (Phi) is 5.81. The van der Waals surface area contributed by atoms with Crippen molar-refractivity contribution in [1.29, 1.82) is 0 Å². The molecule has 0 unspecified atom stereocenters. The van der Waals surface area contributed by atoms with Crippen LogP contribution in [0.25, 0.3) is 0 Å². The Morgan fingerprint density at radius 3 is 2.60 bits per heavy atom. The zero-order valence-corrected chi connectivity index (χ0v) is 18.0. The molecular formula is C25H35N3O2. The minimum absolute atomic E-state index is 0.310. The maximum Gasteiger partial charge on any atom is 0.236 e. The fourth-order valence-corrected chi connectivity index (χ4v) is 6.47. The number of hydrogen-bond acceptors (Lipinski definition) is 3. The van der Waals surface area contributed by atoms with Gasteiger partial charge in [0, 0.05) is 45.2 Å². The molecule has 4 fully saturated rings. The van der Waals surface area contributed by atoms with Gasteiger partial charge in [-0.2, -0.15) is 0 Å². The van der Waals surface area contributed by atoms with Crippen LogP contribution in [0, 0.1) is 17.8 Å². The number of piperidine rings is 4. The van der Waals surface area contributed by atoms with E-state index in [1.54, 1.807) is 0 Å². The normalized spacial score (nSPS) is 30.3. The fraction of sp³-hybridized carbons (Fsp3) is 0.680. The lowest BCUT2D eigenvalue weighted by atomic mass is 9.76. The number of likely N-dealkylation sites (tertiary alicyclic amines) is 2. The van der Waals surface area contributed by atoms with Crippen LogP contribution in [-0.4, -0.2) is 71.8 Å². The van der Waals surface area contributed by atoms with Crippen LogP contribution in [-0.2, 0) is 16.0 Å². The molecular weight excluding hydrogens is 374 g/mol. The maximum atomic E-state index is 13.0. The van der Waals surface area contributed by atoms with Gasteiger partial charge in [0.1, 0.15) is 0 Å². The number of carbonyl (C=O) groups excluding carboxylic acids is 2. The number of carbonyl (C=O) groups is 2. The highest BCUT2D eigenvalue weighted by molar-refractivity contribution is 5.78. The van der Waals surface area contributed by atoms with Crippen molar-refractivity contribution in [1.82, 2.24) is 14.7 Å². The van der Waals surface area contributed by atoms with Crippen molar-refractivity contribution >= 4 is 11.8 Å². The summed E-state index contributed by atoms with van der Waals surface area (Å²) in [5.41, 5.74) is 1.41. The highest BCUT2D eigenvalue weighted by Gasteiger charge is 2.44. The smallest absolute Gasteiger partial charge is 0.236 e. The van der Waals surface area contributed by atoms with E-state index in [4.69, 9.17) is 0 Å². The molecule has 0 aliphatic carbocycles. The molecule has 5 rings (SSSR count). The molecule has 4 saturated heterocycles. The zero-order chi connectivity index (χ0) is 20.5. The van der Waals surface area contributed by atoms with Crippen molar-refractivity contribution < 1.29 is 9.59 Å². The number of benzene rings is 1. The Balaban J connectivity index is 1.11. The van der Waals surface area contributed by atoms with Crippen molar-refractivity contribution in [3.8, 4) is 0 Å². The lowest BCUT2D eigenvalue weighted by Gasteiger charge is -2.52. The molecule has 2 bridgehead atoms. The van der Waals surface area contributed by atoms with Gasteiger partial charge in [0.25, 0.3) is 0 Å². The van der Waals surface area contributed by atoms with Crippen LogP contribution in [0.4, 0.5) is 0 Å². The highest BCUT2D eigenvalue weighted by Crippen LogP contribution is 2.37. The largest absolute Gasteiger partial charge is 0.342 e. The van der Waals surface area contributed by atoms with E-state index in [-0.39, 0.29) is 0 Å². The van der Waals surface area contributed by atoms with Crippen LogP contribution in [0.1, 0.15) is 44.1 Å². The average Bonchev–Trinajstić information content (AvgIpc) is 2.76. The van der Waals surface area contributed by atoms with Crippen molar-refractivity contribution in [3.05, 3.63) is 35.9 Å². The molecule has 0 saturated carbocycles. The minimum atomic E-state index is 0.310. The van der Waals surface area contributed by atoms with E-state index in [2.05, 4.69) is 45.0 Å². The second-order valence-electron chi connectivity index (χ2n) is 10.1. The molecule has 1 aromatic carbocycles. The molecule has 162 valence electrons. The zero-order valence-electron chi connectivity index (χ0n) is 18.0. The van der Waals surface area contributed by atoms with Gasteiger partial charge in [-0.3, -0.25) is 14.5 Å². The third kappa shape index (κ3) is 4.27. The van der Waals surface area contributed by atoms with Gasteiger partial charge < -0.3 is 9.80 Å². The lowest BCUT2D eigenvalue weighted by Crippen LogP contribution is -2.61. The van der Waals surface area contributed by atoms with E-state index in [0.717, 1.165) is 71.2 Å². The molecule has 5 nitrogen and oxygen atoms in total. The van der Waals surface area contributed by atoms with Gasteiger partial charge in [0.05, 0.1) is 6.54 Å². The summed E-state index contributed by atoms with van der Waals surface area (Å²) in [6, 6.07) is 11.2. The maximum absolute atomic E-state index is 13.0. The number of amides is 2. The molecule has 0 radical (unpaired) electrons. The van der Waals surface area contributed by atoms with Crippen LogP contribution in [0.5, 0.6) is 0 Å². The summed E-state index contributed by atoms with van der Waals surface area (Å²) in [5, 5.41) is 0. The quantitative estimate of drug-likeness (QED) is 0.768. The SMILES string of the molecule is O=C(CN1C[C@H]2C[C@H](C1)[C@H]1CCCC(=O)N1C2)N1CCC(Cc2ccccc2)CC1. The number of nitrogens with zero attached hydrogens (tertiary/aromatic N) is 3. The van der Waals surface area contributed by atoms with Crippen molar-refractivity contribution in [2.24, 2.45) is 17.8 Å². The molecule has 3 atom stereocenters. The first kappa shape index (κ1) is 20.0. The van der Waals surface area contributed by atoms with E-state index >= 15 is 0 Å². The van der Waals surface area contributed by atoms with Gasteiger partial charge in [0.15, 0.2) is 0 Å². The van der Waals surface area contributed by atoms with E-state index in [1.165, 1.54) is 12.0 Å². The minimum Gasteiger partial charge on any atom is -0.342 e.